The summed E-state index contributed by atoms with van der Waals surface area (Å²) in [7, 11) is 0. The lowest BCUT2D eigenvalue weighted by Gasteiger charge is -2.03. The molecule has 74 valence electrons. The summed E-state index contributed by atoms with van der Waals surface area (Å²) in [5, 5.41) is 1.27. The number of aryl methyl sites for hydroxylation is 1. The van der Waals surface area contributed by atoms with Crippen molar-refractivity contribution in [1.29, 1.82) is 0 Å². The van der Waals surface area contributed by atoms with E-state index in [2.05, 4.69) is 51.0 Å². The van der Waals surface area contributed by atoms with Gasteiger partial charge < -0.3 is 4.57 Å². The van der Waals surface area contributed by atoms with Crippen LogP contribution in [0.3, 0.4) is 0 Å². The van der Waals surface area contributed by atoms with E-state index in [1.807, 2.05) is 0 Å². The third-order valence-electron chi connectivity index (χ3n) is 2.29. The molecule has 0 saturated heterocycles. The molecule has 0 bridgehead atoms. The number of benzene rings is 1. The van der Waals surface area contributed by atoms with E-state index in [0.29, 0.717) is 5.88 Å². The third-order valence-corrected chi connectivity index (χ3v) is 3.25. The van der Waals surface area contributed by atoms with Gasteiger partial charge in [0, 0.05) is 34.0 Å². The van der Waals surface area contributed by atoms with Crippen LogP contribution < -0.4 is 0 Å². The van der Waals surface area contributed by atoms with Crippen LogP contribution in [-0.4, -0.2) is 10.4 Å². The second-order valence-corrected chi connectivity index (χ2v) is 4.46. The molecule has 0 fully saturated rings. The predicted molar refractivity (Wildman–Crippen MR) is 65.0 cm³/mol. The van der Waals surface area contributed by atoms with Crippen molar-refractivity contribution in [1.82, 2.24) is 4.57 Å². The zero-order valence-electron chi connectivity index (χ0n) is 7.71. The molecule has 1 aromatic carbocycles. The highest BCUT2D eigenvalue weighted by atomic mass is 79.9. The van der Waals surface area contributed by atoms with E-state index < -0.39 is 0 Å². The van der Waals surface area contributed by atoms with E-state index >= 15 is 0 Å². The van der Waals surface area contributed by atoms with Gasteiger partial charge in [0.05, 0.1) is 0 Å². The van der Waals surface area contributed by atoms with Gasteiger partial charge in [-0.05, 0) is 24.6 Å². The summed E-state index contributed by atoms with van der Waals surface area (Å²) in [6.07, 6.45) is 3.12. The zero-order chi connectivity index (χ0) is 9.97. The van der Waals surface area contributed by atoms with Crippen molar-refractivity contribution in [2.45, 2.75) is 13.0 Å². The average molecular weight is 273 g/mol. The van der Waals surface area contributed by atoms with Crippen LogP contribution in [0, 0.1) is 0 Å². The van der Waals surface area contributed by atoms with Crippen LogP contribution in [-0.2, 0) is 6.54 Å². The van der Waals surface area contributed by atoms with Gasteiger partial charge in [-0.1, -0.05) is 22.0 Å². The molecule has 0 radical (unpaired) electrons. The Morgan fingerprint density at radius 1 is 1.29 bits per heavy atom. The molecular weight excluding hydrogens is 261 g/mol. The Morgan fingerprint density at radius 2 is 2.14 bits per heavy atom. The predicted octanol–water partition coefficient (Wildman–Crippen LogP) is 4.03. The molecule has 2 aromatic rings. The Morgan fingerprint density at radius 3 is 2.93 bits per heavy atom. The van der Waals surface area contributed by atoms with E-state index in [1.54, 1.807) is 0 Å². The lowest BCUT2D eigenvalue weighted by Crippen LogP contribution is -1.95. The fourth-order valence-corrected chi connectivity index (χ4v) is 2.22. The number of fused-ring (bicyclic) bond motifs is 1. The summed E-state index contributed by atoms with van der Waals surface area (Å²) in [5.74, 6) is 0.716. The first-order chi connectivity index (χ1) is 6.83. The van der Waals surface area contributed by atoms with Gasteiger partial charge in [0.2, 0.25) is 0 Å². The standard InChI is InChI=1S/C11H11BrClN/c12-10-3-1-4-11-9(10)5-8-14(11)7-2-6-13/h1,3-5,8H,2,6-7H2. The van der Waals surface area contributed by atoms with E-state index in [4.69, 9.17) is 11.6 Å². The summed E-state index contributed by atoms with van der Waals surface area (Å²) in [5.41, 5.74) is 1.27. The van der Waals surface area contributed by atoms with Crippen LogP contribution in [0.2, 0.25) is 0 Å². The molecule has 0 aliphatic rings. The third kappa shape index (κ3) is 1.82. The highest BCUT2D eigenvalue weighted by molar-refractivity contribution is 9.10. The first-order valence-corrected chi connectivity index (χ1v) is 5.95. The summed E-state index contributed by atoms with van der Waals surface area (Å²) >= 11 is 9.22. The molecule has 0 aliphatic carbocycles. The first kappa shape index (κ1) is 10.1. The second-order valence-electron chi connectivity index (χ2n) is 3.22. The molecule has 1 heterocycles. The molecule has 0 amide bonds. The zero-order valence-corrected chi connectivity index (χ0v) is 10.1. The number of alkyl halides is 1. The van der Waals surface area contributed by atoms with E-state index in [9.17, 15) is 0 Å². The van der Waals surface area contributed by atoms with E-state index in [-0.39, 0.29) is 0 Å². The molecule has 0 spiro atoms. The van der Waals surface area contributed by atoms with Crippen LogP contribution in [0.25, 0.3) is 10.9 Å². The minimum atomic E-state index is 0.716. The fraction of sp³-hybridized carbons (Fsp3) is 0.273. The molecule has 0 saturated carbocycles. The highest BCUT2D eigenvalue weighted by Crippen LogP contribution is 2.24. The van der Waals surface area contributed by atoms with Crippen LogP contribution in [0.15, 0.2) is 34.9 Å². The van der Waals surface area contributed by atoms with Gasteiger partial charge in [0.15, 0.2) is 0 Å². The van der Waals surface area contributed by atoms with Gasteiger partial charge in [-0.25, -0.2) is 0 Å². The number of aromatic nitrogens is 1. The summed E-state index contributed by atoms with van der Waals surface area (Å²) in [6.45, 7) is 0.990. The molecular formula is C11H11BrClN. The lowest BCUT2D eigenvalue weighted by molar-refractivity contribution is 0.707. The van der Waals surface area contributed by atoms with Crippen LogP contribution in [0.1, 0.15) is 6.42 Å². The van der Waals surface area contributed by atoms with Gasteiger partial charge in [0.25, 0.3) is 0 Å². The largest absolute Gasteiger partial charge is 0.347 e. The SMILES string of the molecule is ClCCCn1ccc2c(Br)cccc21. The summed E-state index contributed by atoms with van der Waals surface area (Å²) in [6, 6.07) is 8.39. The Bertz CT molecular complexity index is 436. The van der Waals surface area contributed by atoms with Crippen molar-refractivity contribution in [3.63, 3.8) is 0 Å². The van der Waals surface area contributed by atoms with Crippen LogP contribution >= 0.6 is 27.5 Å². The van der Waals surface area contributed by atoms with Gasteiger partial charge in [-0.3, -0.25) is 0 Å². The number of hydrogen-bond donors (Lipinski definition) is 0. The van der Waals surface area contributed by atoms with Crippen molar-refractivity contribution in [3.05, 3.63) is 34.9 Å². The summed E-state index contributed by atoms with van der Waals surface area (Å²) < 4.78 is 3.39. The summed E-state index contributed by atoms with van der Waals surface area (Å²) in [4.78, 5) is 0. The number of halogens is 2. The Hall–Kier alpha value is -0.470. The number of rotatable bonds is 3. The number of hydrogen-bond acceptors (Lipinski definition) is 0. The molecule has 3 heteroatoms. The number of nitrogens with zero attached hydrogens (tertiary/aromatic N) is 1. The molecule has 1 nitrogen and oxygen atoms in total. The topological polar surface area (TPSA) is 4.93 Å². The fourth-order valence-electron chi connectivity index (χ4n) is 1.61. The van der Waals surface area contributed by atoms with Crippen molar-refractivity contribution >= 4 is 38.4 Å². The molecule has 1 aromatic heterocycles. The molecule has 0 N–H and O–H groups in total. The smallest absolute Gasteiger partial charge is 0.0491 e. The molecule has 14 heavy (non-hydrogen) atoms. The van der Waals surface area contributed by atoms with Gasteiger partial charge in [0.1, 0.15) is 0 Å². The molecule has 0 atom stereocenters. The maximum atomic E-state index is 5.68. The minimum Gasteiger partial charge on any atom is -0.347 e. The van der Waals surface area contributed by atoms with E-state index in [1.165, 1.54) is 10.9 Å². The Kier molecular flexibility index (Phi) is 3.14. The minimum absolute atomic E-state index is 0.716. The Balaban J connectivity index is 2.42. The molecule has 0 aliphatic heterocycles. The maximum absolute atomic E-state index is 5.68. The van der Waals surface area contributed by atoms with Gasteiger partial charge in [-0.2, -0.15) is 0 Å². The van der Waals surface area contributed by atoms with Crippen molar-refractivity contribution < 1.29 is 0 Å². The first-order valence-electron chi connectivity index (χ1n) is 4.62. The molecule has 0 unspecified atom stereocenters. The normalized spacial score (nSPS) is 11.0. The second kappa shape index (κ2) is 4.37. The maximum Gasteiger partial charge on any atom is 0.0491 e. The monoisotopic (exact) mass is 271 g/mol. The van der Waals surface area contributed by atoms with Gasteiger partial charge in [-0.15, -0.1) is 11.6 Å². The van der Waals surface area contributed by atoms with Crippen LogP contribution in [0.5, 0.6) is 0 Å². The van der Waals surface area contributed by atoms with Crippen LogP contribution in [0.4, 0.5) is 0 Å². The highest BCUT2D eigenvalue weighted by Gasteiger charge is 2.02. The lowest BCUT2D eigenvalue weighted by atomic mass is 10.2. The van der Waals surface area contributed by atoms with E-state index in [0.717, 1.165) is 17.4 Å². The van der Waals surface area contributed by atoms with Gasteiger partial charge >= 0.3 is 0 Å². The average Bonchev–Trinajstić information content (AvgIpc) is 2.60. The quantitative estimate of drug-likeness (QED) is 0.743. The van der Waals surface area contributed by atoms with Crippen molar-refractivity contribution in [2.24, 2.45) is 0 Å². The Labute approximate surface area is 96.8 Å². The van der Waals surface area contributed by atoms with Crippen molar-refractivity contribution in [2.75, 3.05) is 5.88 Å². The molecule has 2 rings (SSSR count). The van der Waals surface area contributed by atoms with Crippen molar-refractivity contribution in [3.8, 4) is 0 Å².